The Labute approximate surface area is 143 Å². The van der Waals surface area contributed by atoms with Crippen LogP contribution in [0.15, 0.2) is 29.3 Å². The molecule has 0 aliphatic carbocycles. The molecule has 0 fully saturated rings. The maximum atomic E-state index is 11.5. The molecule has 0 heterocycles. The zero-order chi connectivity index (χ0) is 17.2. The molecule has 1 atom stereocenters. The van der Waals surface area contributed by atoms with Crippen LogP contribution in [0.1, 0.15) is 39.3 Å². The van der Waals surface area contributed by atoms with Crippen LogP contribution in [-0.2, 0) is 4.79 Å². The van der Waals surface area contributed by atoms with Gasteiger partial charge in [0.15, 0.2) is 5.96 Å². The van der Waals surface area contributed by atoms with Gasteiger partial charge in [0.05, 0.1) is 12.6 Å². The summed E-state index contributed by atoms with van der Waals surface area (Å²) in [5, 5.41) is 10.1. The van der Waals surface area contributed by atoms with Gasteiger partial charge in [-0.15, -0.1) is 0 Å². The molecule has 0 aromatic heterocycles. The highest BCUT2D eigenvalue weighted by molar-refractivity contribution is 6.30. The van der Waals surface area contributed by atoms with E-state index in [-0.39, 0.29) is 17.9 Å². The van der Waals surface area contributed by atoms with E-state index in [1.807, 2.05) is 45.0 Å². The number of rotatable bonds is 7. The number of hydrogen-bond acceptors (Lipinski definition) is 2. The predicted octanol–water partition coefficient (Wildman–Crippen LogP) is 2.73. The first-order chi connectivity index (χ1) is 10.9. The van der Waals surface area contributed by atoms with E-state index in [1.54, 1.807) is 0 Å². The molecule has 1 amide bonds. The minimum atomic E-state index is -0.00438. The first-order valence-electron chi connectivity index (χ1n) is 8.02. The molecular formula is C17H27ClN4O. The summed E-state index contributed by atoms with van der Waals surface area (Å²) in [5.41, 5.74) is 1.13. The van der Waals surface area contributed by atoms with Crippen molar-refractivity contribution in [2.75, 3.05) is 19.6 Å². The minimum Gasteiger partial charge on any atom is -0.357 e. The zero-order valence-electron chi connectivity index (χ0n) is 14.3. The normalized spacial score (nSPS) is 12.9. The Kier molecular flexibility index (Phi) is 8.48. The molecule has 0 spiro atoms. The second-order valence-corrected chi connectivity index (χ2v) is 6.06. The fraction of sp³-hybridized carbons (Fsp3) is 0.529. The number of amides is 1. The van der Waals surface area contributed by atoms with Gasteiger partial charge in [0.2, 0.25) is 5.91 Å². The molecule has 23 heavy (non-hydrogen) atoms. The van der Waals surface area contributed by atoms with Gasteiger partial charge in [-0.2, -0.15) is 0 Å². The monoisotopic (exact) mass is 338 g/mol. The number of carbonyl (C=O) groups is 1. The van der Waals surface area contributed by atoms with Crippen molar-refractivity contribution in [1.29, 1.82) is 0 Å². The third-order valence-corrected chi connectivity index (χ3v) is 3.52. The van der Waals surface area contributed by atoms with E-state index in [4.69, 9.17) is 11.6 Å². The lowest BCUT2D eigenvalue weighted by atomic mass is 10.1. The summed E-state index contributed by atoms with van der Waals surface area (Å²) >= 11 is 5.91. The molecule has 1 aromatic rings. The van der Waals surface area contributed by atoms with Gasteiger partial charge in [-0.25, -0.2) is 0 Å². The van der Waals surface area contributed by atoms with Crippen molar-refractivity contribution in [3.8, 4) is 0 Å². The van der Waals surface area contributed by atoms with Crippen LogP contribution in [0.5, 0.6) is 0 Å². The quantitative estimate of drug-likeness (QED) is 0.407. The number of carbonyl (C=O) groups excluding carboxylic acids is 1. The summed E-state index contributed by atoms with van der Waals surface area (Å²) in [6.45, 7) is 9.67. The molecule has 6 heteroatoms. The summed E-state index contributed by atoms with van der Waals surface area (Å²) in [6, 6.07) is 7.84. The van der Waals surface area contributed by atoms with Crippen LogP contribution in [-0.4, -0.2) is 31.5 Å². The number of benzene rings is 1. The Morgan fingerprint density at radius 2 is 1.83 bits per heavy atom. The molecule has 1 unspecified atom stereocenters. The van der Waals surface area contributed by atoms with Crippen LogP contribution in [0, 0.1) is 5.92 Å². The average Bonchev–Trinajstić information content (AvgIpc) is 2.51. The first-order valence-corrected chi connectivity index (χ1v) is 8.39. The number of nitrogens with zero attached hydrogens (tertiary/aromatic N) is 1. The lowest BCUT2D eigenvalue weighted by molar-refractivity contribution is -0.123. The van der Waals surface area contributed by atoms with Gasteiger partial charge in [-0.05, 0) is 31.5 Å². The minimum absolute atomic E-state index is 0.00438. The van der Waals surface area contributed by atoms with E-state index in [0.717, 1.165) is 23.1 Å². The summed E-state index contributed by atoms with van der Waals surface area (Å²) in [6.07, 6.45) is 0. The van der Waals surface area contributed by atoms with Gasteiger partial charge in [0.25, 0.3) is 0 Å². The van der Waals surface area contributed by atoms with Crippen LogP contribution in [0.25, 0.3) is 0 Å². The Morgan fingerprint density at radius 1 is 1.17 bits per heavy atom. The molecular weight excluding hydrogens is 312 g/mol. The molecule has 1 aromatic carbocycles. The molecule has 0 radical (unpaired) electrons. The second kappa shape index (κ2) is 10.1. The van der Waals surface area contributed by atoms with Gasteiger partial charge in [-0.1, -0.05) is 37.6 Å². The van der Waals surface area contributed by atoms with Crippen LogP contribution in [0.3, 0.4) is 0 Å². The van der Waals surface area contributed by atoms with Crippen molar-refractivity contribution >= 4 is 23.5 Å². The molecule has 0 aliphatic rings. The molecule has 128 valence electrons. The fourth-order valence-corrected chi connectivity index (χ4v) is 2.04. The second-order valence-electron chi connectivity index (χ2n) is 5.62. The highest BCUT2D eigenvalue weighted by atomic mass is 35.5. The predicted molar refractivity (Wildman–Crippen MR) is 96.8 cm³/mol. The van der Waals surface area contributed by atoms with Crippen molar-refractivity contribution in [3.05, 3.63) is 34.9 Å². The Balaban J connectivity index is 2.54. The highest BCUT2D eigenvalue weighted by Crippen LogP contribution is 2.15. The lowest BCUT2D eigenvalue weighted by Gasteiger charge is -2.18. The Bertz CT molecular complexity index is 514. The highest BCUT2D eigenvalue weighted by Gasteiger charge is 2.08. The molecule has 0 saturated heterocycles. The molecule has 0 saturated carbocycles. The number of guanidine groups is 1. The van der Waals surface area contributed by atoms with Crippen LogP contribution < -0.4 is 16.0 Å². The largest absolute Gasteiger partial charge is 0.357 e. The molecule has 3 N–H and O–H groups in total. The summed E-state index contributed by atoms with van der Waals surface area (Å²) in [5.74, 6) is 0.775. The SMILES string of the molecule is CCNC(=NCCNC(=O)C(C)C)NC(C)c1ccc(Cl)cc1. The number of halogens is 1. The lowest BCUT2D eigenvalue weighted by Crippen LogP contribution is -2.39. The maximum Gasteiger partial charge on any atom is 0.222 e. The van der Waals surface area contributed by atoms with Gasteiger partial charge in [0.1, 0.15) is 0 Å². The van der Waals surface area contributed by atoms with Crippen molar-refractivity contribution in [1.82, 2.24) is 16.0 Å². The molecule has 1 rings (SSSR count). The third kappa shape index (κ3) is 7.37. The summed E-state index contributed by atoms with van der Waals surface area (Å²) < 4.78 is 0. The van der Waals surface area contributed by atoms with E-state index in [0.29, 0.717) is 13.1 Å². The fourth-order valence-electron chi connectivity index (χ4n) is 1.91. The number of hydrogen-bond donors (Lipinski definition) is 3. The first kappa shape index (κ1) is 19.3. The van der Waals surface area contributed by atoms with Gasteiger partial charge < -0.3 is 16.0 Å². The summed E-state index contributed by atoms with van der Waals surface area (Å²) in [4.78, 5) is 16.0. The number of aliphatic imine (C=N–C) groups is 1. The van der Waals surface area contributed by atoms with Crippen LogP contribution in [0.2, 0.25) is 5.02 Å². The third-order valence-electron chi connectivity index (χ3n) is 3.27. The van der Waals surface area contributed by atoms with Crippen LogP contribution in [0.4, 0.5) is 0 Å². The van der Waals surface area contributed by atoms with E-state index in [1.165, 1.54) is 0 Å². The van der Waals surface area contributed by atoms with Crippen molar-refractivity contribution in [3.63, 3.8) is 0 Å². The van der Waals surface area contributed by atoms with Gasteiger partial charge in [0, 0.05) is 24.0 Å². The van der Waals surface area contributed by atoms with Crippen molar-refractivity contribution in [2.45, 2.75) is 33.7 Å². The maximum absolute atomic E-state index is 11.5. The van der Waals surface area contributed by atoms with E-state index >= 15 is 0 Å². The zero-order valence-corrected chi connectivity index (χ0v) is 15.1. The van der Waals surface area contributed by atoms with Crippen molar-refractivity contribution in [2.24, 2.45) is 10.9 Å². The Morgan fingerprint density at radius 3 is 2.39 bits per heavy atom. The topological polar surface area (TPSA) is 65.5 Å². The van der Waals surface area contributed by atoms with Gasteiger partial charge in [-0.3, -0.25) is 9.79 Å². The molecule has 0 bridgehead atoms. The smallest absolute Gasteiger partial charge is 0.222 e. The average molecular weight is 339 g/mol. The van der Waals surface area contributed by atoms with Gasteiger partial charge >= 0.3 is 0 Å². The van der Waals surface area contributed by atoms with Crippen molar-refractivity contribution < 1.29 is 4.79 Å². The van der Waals surface area contributed by atoms with E-state index < -0.39 is 0 Å². The Hall–Kier alpha value is -1.75. The summed E-state index contributed by atoms with van der Waals surface area (Å²) in [7, 11) is 0. The number of nitrogens with one attached hydrogen (secondary N) is 3. The van der Waals surface area contributed by atoms with Crippen LogP contribution >= 0.6 is 11.6 Å². The molecule has 0 aliphatic heterocycles. The van der Waals surface area contributed by atoms with E-state index in [2.05, 4.69) is 27.9 Å². The van der Waals surface area contributed by atoms with E-state index in [9.17, 15) is 4.79 Å². The standard InChI is InChI=1S/C17H27ClN4O/c1-5-19-17(21-11-10-20-16(23)12(2)3)22-13(4)14-6-8-15(18)9-7-14/h6-9,12-13H,5,10-11H2,1-4H3,(H,20,23)(H2,19,21,22). The molecule has 5 nitrogen and oxygen atoms in total.